The maximum absolute atomic E-state index is 5.36. The molecule has 0 aliphatic carbocycles. The predicted octanol–water partition coefficient (Wildman–Crippen LogP) is 14.0. The number of aromatic nitrogens is 2. The van der Waals surface area contributed by atoms with E-state index in [1.54, 1.807) is 0 Å². The van der Waals surface area contributed by atoms with Crippen LogP contribution in [0.2, 0.25) is 0 Å². The lowest BCUT2D eigenvalue weighted by Gasteiger charge is -2.30. The second-order valence-electron chi connectivity index (χ2n) is 15.2. The summed E-state index contributed by atoms with van der Waals surface area (Å²) in [5, 5.41) is 2.42. The van der Waals surface area contributed by atoms with Crippen molar-refractivity contribution in [2.45, 2.75) is 19.4 Å². The monoisotopic (exact) mass is 770 g/mol. The fourth-order valence-electron chi connectivity index (χ4n) is 8.49. The number of rotatable bonds is 9. The summed E-state index contributed by atoms with van der Waals surface area (Å²) in [6.45, 7) is 2.25. The molecule has 9 aromatic rings. The van der Waals surface area contributed by atoms with Crippen molar-refractivity contribution >= 4 is 22.3 Å². The largest absolute Gasteiger partial charge is 0.257 e. The van der Waals surface area contributed by atoms with Crippen LogP contribution in [0.15, 0.2) is 222 Å². The van der Waals surface area contributed by atoms with Crippen LogP contribution in [0, 0.1) is 5.92 Å². The zero-order valence-corrected chi connectivity index (χ0v) is 33.4. The van der Waals surface area contributed by atoms with Crippen LogP contribution < -0.4 is 0 Å². The van der Waals surface area contributed by atoms with E-state index in [1.165, 1.54) is 27.5 Å². The van der Waals surface area contributed by atoms with Crippen LogP contribution in [0.25, 0.3) is 66.9 Å². The van der Waals surface area contributed by atoms with Crippen molar-refractivity contribution in [1.29, 1.82) is 0 Å². The molecule has 0 bridgehead atoms. The SMILES string of the molecule is CCC1C(c2ccccc2)=NC(c2ccccc2)=NC1c1ccc(-c2ccc3ccccc3c2-c2ccc(-c3cc(-c4ccccc4)nc(-c4ccccc4)n3)cc2)cc1. The van der Waals surface area contributed by atoms with Crippen molar-refractivity contribution in [1.82, 2.24) is 9.97 Å². The summed E-state index contributed by atoms with van der Waals surface area (Å²) < 4.78 is 0. The molecule has 4 nitrogen and oxygen atoms in total. The molecule has 286 valence electrons. The zero-order valence-electron chi connectivity index (χ0n) is 33.4. The average molecular weight is 771 g/mol. The molecule has 0 N–H and O–H groups in total. The third kappa shape index (κ3) is 7.25. The van der Waals surface area contributed by atoms with Crippen LogP contribution in [-0.2, 0) is 0 Å². The van der Waals surface area contributed by atoms with Crippen LogP contribution in [0.5, 0.6) is 0 Å². The van der Waals surface area contributed by atoms with Crippen molar-refractivity contribution in [3.8, 4) is 56.2 Å². The number of nitrogens with zero attached hydrogens (tertiary/aromatic N) is 4. The molecule has 2 heterocycles. The molecule has 0 saturated heterocycles. The highest BCUT2D eigenvalue weighted by molar-refractivity contribution is 6.15. The van der Waals surface area contributed by atoms with Crippen LogP contribution in [0.4, 0.5) is 0 Å². The summed E-state index contributed by atoms with van der Waals surface area (Å²) in [5.74, 6) is 1.63. The molecule has 60 heavy (non-hydrogen) atoms. The first-order chi connectivity index (χ1) is 29.7. The third-order valence-corrected chi connectivity index (χ3v) is 11.6. The molecule has 0 spiro atoms. The molecular formula is C56H42N4. The molecule has 1 aliphatic rings. The van der Waals surface area contributed by atoms with Gasteiger partial charge in [-0.3, -0.25) is 4.99 Å². The first kappa shape index (κ1) is 36.8. The van der Waals surface area contributed by atoms with E-state index in [1.807, 2.05) is 42.5 Å². The third-order valence-electron chi connectivity index (χ3n) is 11.6. The topological polar surface area (TPSA) is 50.5 Å². The summed E-state index contributed by atoms with van der Waals surface area (Å²) >= 11 is 0. The Kier molecular flexibility index (Phi) is 10.0. The van der Waals surface area contributed by atoms with Gasteiger partial charge < -0.3 is 0 Å². The Morgan fingerprint density at radius 3 is 1.58 bits per heavy atom. The average Bonchev–Trinajstić information content (AvgIpc) is 3.34. The molecule has 2 unspecified atom stereocenters. The first-order valence-electron chi connectivity index (χ1n) is 20.7. The highest BCUT2D eigenvalue weighted by Crippen LogP contribution is 2.41. The number of aliphatic imine (C=N–C) groups is 2. The molecule has 8 aromatic carbocycles. The quantitative estimate of drug-likeness (QED) is 0.147. The van der Waals surface area contributed by atoms with Gasteiger partial charge in [0.1, 0.15) is 0 Å². The van der Waals surface area contributed by atoms with Gasteiger partial charge in [-0.15, -0.1) is 0 Å². The van der Waals surface area contributed by atoms with Crippen LogP contribution in [0.1, 0.15) is 36.1 Å². The van der Waals surface area contributed by atoms with Gasteiger partial charge in [-0.05, 0) is 56.6 Å². The lowest BCUT2D eigenvalue weighted by Crippen LogP contribution is -2.28. The standard InChI is InChI=1S/C56H42N4/c1-2-47-53(43-20-9-4-10-21-43)59-56(46-24-13-6-14-25-46)60-54(47)44-33-27-39(28-34-44)49-36-35-38-17-15-16-26-48(38)52(49)42-31-29-41(30-32-42)51-37-50(40-18-7-3-8-19-40)57-55(58-51)45-22-11-5-12-23-45/h3-37,47,54H,2H2,1H3. The Labute approximate surface area is 351 Å². The van der Waals surface area contributed by atoms with Gasteiger partial charge in [-0.25, -0.2) is 15.0 Å². The minimum absolute atomic E-state index is 0.0674. The molecule has 0 radical (unpaired) electrons. The van der Waals surface area contributed by atoms with Crippen LogP contribution in [0.3, 0.4) is 0 Å². The minimum atomic E-state index is -0.0674. The second kappa shape index (κ2) is 16.4. The Morgan fingerprint density at radius 1 is 0.433 bits per heavy atom. The second-order valence-corrected chi connectivity index (χ2v) is 15.2. The highest BCUT2D eigenvalue weighted by Gasteiger charge is 2.31. The Bertz CT molecular complexity index is 2920. The van der Waals surface area contributed by atoms with Gasteiger partial charge in [-0.1, -0.05) is 213 Å². The Hall–Kier alpha value is -7.56. The van der Waals surface area contributed by atoms with Crippen molar-refractivity contribution in [3.63, 3.8) is 0 Å². The molecule has 0 saturated carbocycles. The van der Waals surface area contributed by atoms with E-state index in [2.05, 4.69) is 177 Å². The van der Waals surface area contributed by atoms with E-state index < -0.39 is 0 Å². The summed E-state index contributed by atoms with van der Waals surface area (Å²) in [6.07, 6.45) is 0.923. The number of hydrogen-bond acceptors (Lipinski definition) is 4. The van der Waals surface area contributed by atoms with Crippen LogP contribution >= 0.6 is 0 Å². The molecular weight excluding hydrogens is 729 g/mol. The van der Waals surface area contributed by atoms with Gasteiger partial charge in [0.05, 0.1) is 23.1 Å². The number of amidine groups is 1. The minimum Gasteiger partial charge on any atom is -0.257 e. The van der Waals surface area contributed by atoms with Crippen molar-refractivity contribution in [3.05, 3.63) is 229 Å². The van der Waals surface area contributed by atoms with Crippen molar-refractivity contribution in [2.75, 3.05) is 0 Å². The summed E-state index contributed by atoms with van der Waals surface area (Å²) in [4.78, 5) is 20.7. The summed E-state index contributed by atoms with van der Waals surface area (Å²) in [7, 11) is 0. The smallest absolute Gasteiger partial charge is 0.160 e. The van der Waals surface area contributed by atoms with E-state index in [0.29, 0.717) is 5.82 Å². The number of hydrogen-bond donors (Lipinski definition) is 0. The summed E-state index contributed by atoms with van der Waals surface area (Å²) in [6, 6.07) is 74.6. The van der Waals surface area contributed by atoms with Gasteiger partial charge in [0.2, 0.25) is 0 Å². The molecule has 1 aromatic heterocycles. The van der Waals surface area contributed by atoms with Crippen LogP contribution in [-0.4, -0.2) is 21.5 Å². The Balaban J connectivity index is 1.03. The van der Waals surface area contributed by atoms with Crippen molar-refractivity contribution in [2.24, 2.45) is 15.9 Å². The maximum Gasteiger partial charge on any atom is 0.160 e. The van der Waals surface area contributed by atoms with Crippen molar-refractivity contribution < 1.29 is 0 Å². The van der Waals surface area contributed by atoms with Gasteiger partial charge in [0.15, 0.2) is 11.7 Å². The normalized spacial score (nSPS) is 15.0. The molecule has 0 fully saturated rings. The van der Waals surface area contributed by atoms with E-state index >= 15 is 0 Å². The molecule has 10 rings (SSSR count). The molecule has 1 aliphatic heterocycles. The fourth-order valence-corrected chi connectivity index (χ4v) is 8.49. The number of fused-ring (bicyclic) bond motifs is 1. The fraction of sp³-hybridized carbons (Fsp3) is 0.0714. The lowest BCUT2D eigenvalue weighted by atomic mass is 9.82. The summed E-state index contributed by atoms with van der Waals surface area (Å²) in [5.41, 5.74) is 14.0. The first-order valence-corrected chi connectivity index (χ1v) is 20.7. The molecule has 4 heteroatoms. The van der Waals surface area contributed by atoms with Gasteiger partial charge in [-0.2, -0.15) is 0 Å². The van der Waals surface area contributed by atoms with E-state index in [9.17, 15) is 0 Å². The lowest BCUT2D eigenvalue weighted by molar-refractivity contribution is 0.532. The predicted molar refractivity (Wildman–Crippen MR) is 249 cm³/mol. The van der Waals surface area contributed by atoms with E-state index in [4.69, 9.17) is 20.0 Å². The molecule has 0 amide bonds. The molecule has 2 atom stereocenters. The van der Waals surface area contributed by atoms with Gasteiger partial charge in [0, 0.05) is 28.2 Å². The van der Waals surface area contributed by atoms with E-state index in [-0.39, 0.29) is 12.0 Å². The zero-order chi connectivity index (χ0) is 40.3. The van der Waals surface area contributed by atoms with E-state index in [0.717, 1.165) is 68.3 Å². The Morgan fingerprint density at radius 2 is 0.950 bits per heavy atom. The highest BCUT2D eigenvalue weighted by atomic mass is 15.0. The van der Waals surface area contributed by atoms with Gasteiger partial charge >= 0.3 is 0 Å². The van der Waals surface area contributed by atoms with Gasteiger partial charge in [0.25, 0.3) is 0 Å². The number of benzene rings is 8. The maximum atomic E-state index is 5.36.